The first-order valence-electron chi connectivity index (χ1n) is 10.4. The summed E-state index contributed by atoms with van der Waals surface area (Å²) in [6.45, 7) is 4.62. The minimum Gasteiger partial charge on any atom is -0.351 e. The van der Waals surface area contributed by atoms with Gasteiger partial charge < -0.3 is 15.5 Å². The number of piperidine rings is 1. The summed E-state index contributed by atoms with van der Waals surface area (Å²) in [6.07, 6.45) is 1.83. The van der Waals surface area contributed by atoms with Crippen LogP contribution in [0, 0.1) is 6.92 Å². The summed E-state index contributed by atoms with van der Waals surface area (Å²) in [5.74, 6) is -0.387. The Morgan fingerprint density at radius 2 is 1.73 bits per heavy atom. The fourth-order valence-corrected chi connectivity index (χ4v) is 3.82. The van der Waals surface area contributed by atoms with E-state index in [0.717, 1.165) is 11.1 Å². The molecule has 3 rings (SSSR count). The largest absolute Gasteiger partial charge is 0.351 e. The van der Waals surface area contributed by atoms with Crippen LogP contribution in [0.15, 0.2) is 54.6 Å². The number of benzene rings is 2. The zero-order valence-corrected chi connectivity index (χ0v) is 17.6. The van der Waals surface area contributed by atoms with Crippen molar-refractivity contribution in [3.05, 3.63) is 71.3 Å². The van der Waals surface area contributed by atoms with Crippen LogP contribution in [-0.2, 0) is 16.0 Å². The van der Waals surface area contributed by atoms with Gasteiger partial charge in [-0.15, -0.1) is 0 Å². The SMILES string of the molecule is CC(=O)NC(Cc1cccc(C)c1)C(=O)NC1CCN(C(=O)c2ccccc2)CC1. The Hall–Kier alpha value is -3.15. The molecule has 0 spiro atoms. The maximum atomic E-state index is 12.9. The van der Waals surface area contributed by atoms with Crippen LogP contribution in [0.2, 0.25) is 0 Å². The van der Waals surface area contributed by atoms with Crippen molar-refractivity contribution in [1.29, 1.82) is 0 Å². The molecule has 30 heavy (non-hydrogen) atoms. The van der Waals surface area contributed by atoms with Crippen molar-refractivity contribution in [1.82, 2.24) is 15.5 Å². The van der Waals surface area contributed by atoms with Crippen LogP contribution in [0.3, 0.4) is 0 Å². The molecule has 6 heteroatoms. The van der Waals surface area contributed by atoms with Crippen LogP contribution >= 0.6 is 0 Å². The minimum absolute atomic E-state index is 0.00825. The third-order valence-electron chi connectivity index (χ3n) is 5.37. The first-order chi connectivity index (χ1) is 14.4. The molecule has 1 heterocycles. The van der Waals surface area contributed by atoms with Crippen molar-refractivity contribution in [2.45, 2.75) is 45.2 Å². The van der Waals surface area contributed by atoms with Crippen molar-refractivity contribution in [2.75, 3.05) is 13.1 Å². The number of amides is 3. The number of nitrogens with one attached hydrogen (secondary N) is 2. The molecule has 0 aliphatic carbocycles. The van der Waals surface area contributed by atoms with Gasteiger partial charge in [-0.1, -0.05) is 48.0 Å². The van der Waals surface area contributed by atoms with Crippen LogP contribution in [0.1, 0.15) is 41.3 Å². The zero-order valence-electron chi connectivity index (χ0n) is 17.6. The molecule has 1 saturated heterocycles. The molecule has 0 aromatic heterocycles. The van der Waals surface area contributed by atoms with E-state index in [9.17, 15) is 14.4 Å². The van der Waals surface area contributed by atoms with E-state index in [2.05, 4.69) is 10.6 Å². The lowest BCUT2D eigenvalue weighted by atomic mass is 10.0. The predicted octanol–water partition coefficient (Wildman–Crippen LogP) is 2.46. The molecule has 6 nitrogen and oxygen atoms in total. The number of rotatable bonds is 6. The molecular weight excluding hydrogens is 378 g/mol. The number of hydrogen-bond acceptors (Lipinski definition) is 3. The summed E-state index contributed by atoms with van der Waals surface area (Å²) in [5.41, 5.74) is 2.81. The van der Waals surface area contributed by atoms with Gasteiger partial charge in [0.1, 0.15) is 6.04 Å². The van der Waals surface area contributed by atoms with Crippen molar-refractivity contribution < 1.29 is 14.4 Å². The molecule has 158 valence electrons. The van der Waals surface area contributed by atoms with Gasteiger partial charge in [0, 0.05) is 38.0 Å². The number of aryl methyl sites for hydroxylation is 1. The molecule has 1 aliphatic heterocycles. The summed E-state index contributed by atoms with van der Waals surface area (Å²) in [7, 11) is 0. The normalized spacial score (nSPS) is 15.3. The Labute approximate surface area is 177 Å². The lowest BCUT2D eigenvalue weighted by Gasteiger charge is -2.33. The Bertz CT molecular complexity index is 890. The molecule has 3 amide bonds. The van der Waals surface area contributed by atoms with Gasteiger partial charge in [0.2, 0.25) is 11.8 Å². The van der Waals surface area contributed by atoms with Gasteiger partial charge in [-0.05, 0) is 37.5 Å². The molecule has 1 aliphatic rings. The van der Waals surface area contributed by atoms with Gasteiger partial charge in [0.05, 0.1) is 0 Å². The molecule has 2 N–H and O–H groups in total. The highest BCUT2D eigenvalue weighted by atomic mass is 16.2. The summed E-state index contributed by atoms with van der Waals surface area (Å²) in [6, 6.07) is 16.6. The van der Waals surface area contributed by atoms with Crippen LogP contribution < -0.4 is 10.6 Å². The van der Waals surface area contributed by atoms with Crippen molar-refractivity contribution >= 4 is 17.7 Å². The van der Waals surface area contributed by atoms with E-state index in [1.807, 2.05) is 66.4 Å². The molecular formula is C24H29N3O3. The minimum atomic E-state index is -0.617. The standard InChI is InChI=1S/C24H29N3O3/c1-17-7-6-8-19(15-17)16-22(25-18(2)28)23(29)26-21-11-13-27(14-12-21)24(30)20-9-4-3-5-10-20/h3-10,15,21-22H,11-14,16H2,1-2H3,(H,25,28)(H,26,29). The van der Waals surface area contributed by atoms with Gasteiger partial charge in [-0.3, -0.25) is 14.4 Å². The van der Waals surface area contributed by atoms with Crippen LogP contribution in [-0.4, -0.2) is 47.8 Å². The first-order valence-corrected chi connectivity index (χ1v) is 10.4. The summed E-state index contributed by atoms with van der Waals surface area (Å²) >= 11 is 0. The second-order valence-electron chi connectivity index (χ2n) is 7.89. The highest BCUT2D eigenvalue weighted by Crippen LogP contribution is 2.15. The van der Waals surface area contributed by atoms with Crippen LogP contribution in [0.5, 0.6) is 0 Å². The van der Waals surface area contributed by atoms with Gasteiger partial charge in [-0.2, -0.15) is 0 Å². The fraction of sp³-hybridized carbons (Fsp3) is 0.375. The first kappa shape index (κ1) is 21.6. The number of nitrogens with zero attached hydrogens (tertiary/aromatic N) is 1. The van der Waals surface area contributed by atoms with E-state index >= 15 is 0 Å². The average molecular weight is 408 g/mol. The third-order valence-corrected chi connectivity index (χ3v) is 5.37. The van der Waals surface area contributed by atoms with E-state index in [1.165, 1.54) is 6.92 Å². The monoisotopic (exact) mass is 407 g/mol. The van der Waals surface area contributed by atoms with E-state index in [0.29, 0.717) is 37.9 Å². The van der Waals surface area contributed by atoms with Gasteiger partial charge in [0.25, 0.3) is 5.91 Å². The smallest absolute Gasteiger partial charge is 0.253 e. The van der Waals surface area contributed by atoms with Gasteiger partial charge in [0.15, 0.2) is 0 Å². The van der Waals surface area contributed by atoms with Crippen molar-refractivity contribution in [3.8, 4) is 0 Å². The second-order valence-corrected chi connectivity index (χ2v) is 7.89. The Balaban J connectivity index is 1.56. The van der Waals surface area contributed by atoms with E-state index < -0.39 is 6.04 Å². The Morgan fingerprint density at radius 3 is 2.37 bits per heavy atom. The fourth-order valence-electron chi connectivity index (χ4n) is 3.82. The van der Waals surface area contributed by atoms with E-state index in [-0.39, 0.29) is 23.8 Å². The lowest BCUT2D eigenvalue weighted by Crippen LogP contribution is -2.53. The molecule has 0 radical (unpaired) electrons. The molecule has 1 atom stereocenters. The highest BCUT2D eigenvalue weighted by Gasteiger charge is 2.27. The molecule has 2 aromatic carbocycles. The molecule has 0 bridgehead atoms. The van der Waals surface area contributed by atoms with Crippen molar-refractivity contribution in [3.63, 3.8) is 0 Å². The number of likely N-dealkylation sites (tertiary alicyclic amines) is 1. The quantitative estimate of drug-likeness (QED) is 0.772. The maximum absolute atomic E-state index is 12.9. The van der Waals surface area contributed by atoms with E-state index in [1.54, 1.807) is 0 Å². The number of hydrogen-bond donors (Lipinski definition) is 2. The second kappa shape index (κ2) is 10.1. The lowest BCUT2D eigenvalue weighted by molar-refractivity contribution is -0.128. The topological polar surface area (TPSA) is 78.5 Å². The van der Waals surface area contributed by atoms with Crippen LogP contribution in [0.4, 0.5) is 0 Å². The van der Waals surface area contributed by atoms with Gasteiger partial charge >= 0.3 is 0 Å². The third kappa shape index (κ3) is 5.92. The molecule has 0 saturated carbocycles. The predicted molar refractivity (Wildman–Crippen MR) is 116 cm³/mol. The van der Waals surface area contributed by atoms with Crippen LogP contribution in [0.25, 0.3) is 0 Å². The average Bonchev–Trinajstić information content (AvgIpc) is 2.73. The molecule has 1 fully saturated rings. The Morgan fingerprint density at radius 1 is 1.03 bits per heavy atom. The van der Waals surface area contributed by atoms with Gasteiger partial charge in [-0.25, -0.2) is 0 Å². The summed E-state index contributed by atoms with van der Waals surface area (Å²) in [5, 5.41) is 5.84. The summed E-state index contributed by atoms with van der Waals surface area (Å²) in [4.78, 5) is 38.9. The zero-order chi connectivity index (χ0) is 21.5. The van der Waals surface area contributed by atoms with E-state index in [4.69, 9.17) is 0 Å². The maximum Gasteiger partial charge on any atom is 0.253 e. The molecule has 2 aromatic rings. The Kier molecular flexibility index (Phi) is 7.22. The van der Waals surface area contributed by atoms with Crippen molar-refractivity contribution in [2.24, 2.45) is 0 Å². The number of carbonyl (C=O) groups is 3. The summed E-state index contributed by atoms with van der Waals surface area (Å²) < 4.78 is 0. The number of carbonyl (C=O) groups excluding carboxylic acids is 3. The highest BCUT2D eigenvalue weighted by molar-refractivity contribution is 5.94. The molecule has 1 unspecified atom stereocenters.